The van der Waals surface area contributed by atoms with Gasteiger partial charge in [0.05, 0.1) is 34.5 Å². The Morgan fingerprint density at radius 3 is 2.56 bits per heavy atom. The molecule has 3 heterocycles. The first-order valence-corrected chi connectivity index (χ1v) is 10.5. The van der Waals surface area contributed by atoms with E-state index in [0.717, 1.165) is 36.9 Å². The normalized spacial score (nSPS) is 16.4. The smallest absolute Gasteiger partial charge is 0.274 e. The van der Waals surface area contributed by atoms with Gasteiger partial charge in [-0.25, -0.2) is 18.7 Å². The molecule has 7 nitrogen and oxygen atoms in total. The van der Waals surface area contributed by atoms with Crippen LogP contribution in [-0.4, -0.2) is 49.9 Å². The predicted octanol–water partition coefficient (Wildman–Crippen LogP) is 3.96. The number of aromatic nitrogens is 4. The molecule has 1 amide bonds. The quantitative estimate of drug-likeness (QED) is 0.524. The van der Waals surface area contributed by atoms with Gasteiger partial charge in [0.25, 0.3) is 5.91 Å². The molecule has 0 aliphatic carbocycles. The maximum atomic E-state index is 13.5. The molecule has 1 aliphatic rings. The summed E-state index contributed by atoms with van der Waals surface area (Å²) in [6.45, 7) is 1.09. The van der Waals surface area contributed by atoms with Gasteiger partial charge in [-0.1, -0.05) is 12.1 Å². The van der Waals surface area contributed by atoms with Crippen molar-refractivity contribution in [2.45, 2.75) is 25.3 Å². The van der Waals surface area contributed by atoms with Crippen LogP contribution >= 0.6 is 0 Å². The van der Waals surface area contributed by atoms with Crippen LogP contribution in [0.2, 0.25) is 0 Å². The molecule has 2 aromatic heterocycles. The lowest BCUT2D eigenvalue weighted by molar-refractivity contribution is 0.0622. The van der Waals surface area contributed by atoms with Crippen LogP contribution in [0.5, 0.6) is 0 Å². The minimum atomic E-state index is -0.968. The first kappa shape index (κ1) is 20.2. The second-order valence-corrected chi connectivity index (χ2v) is 7.78. The molecule has 0 radical (unpaired) electrons. The molecule has 0 spiro atoms. The number of nitrogens with one attached hydrogen (secondary N) is 1. The van der Waals surface area contributed by atoms with Crippen LogP contribution in [0.1, 0.15) is 29.8 Å². The van der Waals surface area contributed by atoms with Gasteiger partial charge < -0.3 is 10.2 Å². The fourth-order valence-electron chi connectivity index (χ4n) is 4.00. The van der Waals surface area contributed by atoms with Crippen LogP contribution in [0.4, 0.5) is 14.6 Å². The highest BCUT2D eigenvalue weighted by atomic mass is 19.2. The number of nitrogens with zero attached hydrogens (tertiary/aromatic N) is 5. The Kier molecular flexibility index (Phi) is 5.30. The van der Waals surface area contributed by atoms with Gasteiger partial charge >= 0.3 is 0 Å². The van der Waals surface area contributed by atoms with E-state index >= 15 is 0 Å². The molecule has 1 fully saturated rings. The zero-order valence-electron chi connectivity index (χ0n) is 17.1. The lowest BCUT2D eigenvalue weighted by Gasteiger charge is -2.35. The molecule has 4 aromatic rings. The maximum absolute atomic E-state index is 13.5. The molecule has 162 valence electrons. The van der Waals surface area contributed by atoms with Crippen LogP contribution < -0.4 is 5.32 Å². The summed E-state index contributed by atoms with van der Waals surface area (Å²) in [6.07, 6.45) is 5.76. The van der Waals surface area contributed by atoms with E-state index in [1.807, 2.05) is 29.2 Å². The number of piperidine rings is 1. The van der Waals surface area contributed by atoms with Crippen molar-refractivity contribution < 1.29 is 13.6 Å². The molecule has 2 aromatic carbocycles. The summed E-state index contributed by atoms with van der Waals surface area (Å²) in [6, 6.07) is 9.42. The fraction of sp³-hybridized carbons (Fsp3) is 0.261. The highest BCUT2D eigenvalue weighted by molar-refractivity contribution is 5.94. The number of carbonyl (C=O) groups is 1. The monoisotopic (exact) mass is 434 g/mol. The van der Waals surface area contributed by atoms with Gasteiger partial charge in [0.1, 0.15) is 11.5 Å². The van der Waals surface area contributed by atoms with E-state index in [4.69, 9.17) is 0 Å². The Hall–Kier alpha value is -3.75. The van der Waals surface area contributed by atoms with Gasteiger partial charge in [0.15, 0.2) is 11.6 Å². The largest absolute Gasteiger partial charge is 0.367 e. The molecule has 0 bridgehead atoms. The summed E-state index contributed by atoms with van der Waals surface area (Å²) in [5.41, 5.74) is 2.28. The summed E-state index contributed by atoms with van der Waals surface area (Å²) >= 11 is 0. The van der Waals surface area contributed by atoms with Crippen molar-refractivity contribution in [1.29, 1.82) is 0 Å². The van der Waals surface area contributed by atoms with Crippen LogP contribution in [-0.2, 0) is 0 Å². The Labute approximate surface area is 182 Å². The number of fused-ring (bicyclic) bond motifs is 2. The zero-order chi connectivity index (χ0) is 22.1. The number of para-hydroxylation sites is 2. The van der Waals surface area contributed by atoms with Crippen molar-refractivity contribution in [2.24, 2.45) is 0 Å². The minimum absolute atomic E-state index is 0.0630. The molecule has 9 heteroatoms. The number of rotatable bonds is 4. The third-order valence-corrected chi connectivity index (χ3v) is 5.66. The second kappa shape index (κ2) is 8.41. The SMILES string of the molecule is O=C(c1cnc2ccccc2n1)N1CCCCC1CNc1cnc2cc(F)c(F)cc2n1. The molecule has 1 atom stereocenters. The second-order valence-electron chi connectivity index (χ2n) is 7.78. The van der Waals surface area contributed by atoms with Gasteiger partial charge in [0.2, 0.25) is 0 Å². The van der Waals surface area contributed by atoms with Gasteiger partial charge in [-0.3, -0.25) is 14.8 Å². The number of anilines is 1. The van der Waals surface area contributed by atoms with E-state index in [-0.39, 0.29) is 23.0 Å². The summed E-state index contributed by atoms with van der Waals surface area (Å²) in [7, 11) is 0. The number of hydrogen-bond acceptors (Lipinski definition) is 6. The van der Waals surface area contributed by atoms with Crippen molar-refractivity contribution in [3.63, 3.8) is 0 Å². The Morgan fingerprint density at radius 2 is 1.72 bits per heavy atom. The van der Waals surface area contributed by atoms with Crippen molar-refractivity contribution >= 4 is 33.8 Å². The third-order valence-electron chi connectivity index (χ3n) is 5.66. The average Bonchev–Trinajstić information content (AvgIpc) is 2.83. The first-order valence-electron chi connectivity index (χ1n) is 10.5. The van der Waals surface area contributed by atoms with Crippen LogP contribution in [0.15, 0.2) is 48.8 Å². The van der Waals surface area contributed by atoms with Gasteiger partial charge in [0, 0.05) is 31.3 Å². The number of hydrogen-bond donors (Lipinski definition) is 1. The number of amides is 1. The first-order chi connectivity index (χ1) is 15.6. The minimum Gasteiger partial charge on any atom is -0.367 e. The van der Waals surface area contributed by atoms with E-state index in [1.54, 1.807) is 0 Å². The average molecular weight is 434 g/mol. The molecule has 32 heavy (non-hydrogen) atoms. The molecular weight excluding hydrogens is 414 g/mol. The van der Waals surface area contributed by atoms with Crippen LogP contribution in [0.3, 0.4) is 0 Å². The number of halogens is 2. The summed E-state index contributed by atoms with van der Waals surface area (Å²) in [4.78, 5) is 32.3. The Morgan fingerprint density at radius 1 is 0.969 bits per heavy atom. The molecular formula is C23H20F2N6O. The summed E-state index contributed by atoms with van der Waals surface area (Å²) < 4.78 is 26.9. The molecule has 1 unspecified atom stereocenters. The lowest BCUT2D eigenvalue weighted by atomic mass is 10.0. The Balaban J connectivity index is 1.33. The van der Waals surface area contributed by atoms with Crippen molar-refractivity contribution in [1.82, 2.24) is 24.8 Å². The van der Waals surface area contributed by atoms with Gasteiger partial charge in [-0.15, -0.1) is 0 Å². The van der Waals surface area contributed by atoms with Gasteiger partial charge in [-0.2, -0.15) is 0 Å². The Bertz CT molecular complexity index is 1310. The van der Waals surface area contributed by atoms with E-state index in [9.17, 15) is 13.6 Å². The standard InChI is InChI=1S/C23H20F2N6O/c24-15-9-19-20(10-16(15)25)30-22(13-27-19)28-11-14-5-3-4-8-31(14)23(32)21-12-26-17-6-1-2-7-18(17)29-21/h1-2,6-7,9-10,12-14H,3-5,8,11H2,(H,28,30). The maximum Gasteiger partial charge on any atom is 0.274 e. The summed E-state index contributed by atoms with van der Waals surface area (Å²) in [5, 5.41) is 3.19. The van der Waals surface area contributed by atoms with Crippen LogP contribution in [0, 0.1) is 11.6 Å². The van der Waals surface area contributed by atoms with E-state index in [2.05, 4.69) is 25.3 Å². The highest BCUT2D eigenvalue weighted by Gasteiger charge is 2.28. The zero-order valence-corrected chi connectivity index (χ0v) is 17.1. The topological polar surface area (TPSA) is 83.9 Å². The molecule has 1 saturated heterocycles. The number of benzene rings is 2. The number of likely N-dealkylation sites (tertiary alicyclic amines) is 1. The van der Waals surface area contributed by atoms with E-state index in [1.165, 1.54) is 12.4 Å². The summed E-state index contributed by atoms with van der Waals surface area (Å²) in [5.74, 6) is -1.64. The fourth-order valence-corrected chi connectivity index (χ4v) is 4.00. The van der Waals surface area contributed by atoms with Crippen molar-refractivity contribution in [3.05, 3.63) is 66.1 Å². The lowest BCUT2D eigenvalue weighted by Crippen LogP contribution is -2.47. The number of carbonyl (C=O) groups excluding carboxylic acids is 1. The van der Waals surface area contributed by atoms with Crippen molar-refractivity contribution in [3.8, 4) is 0 Å². The van der Waals surface area contributed by atoms with Crippen LogP contribution in [0.25, 0.3) is 22.1 Å². The van der Waals surface area contributed by atoms with E-state index < -0.39 is 11.6 Å². The highest BCUT2D eigenvalue weighted by Crippen LogP contribution is 2.21. The van der Waals surface area contributed by atoms with Crippen molar-refractivity contribution in [2.75, 3.05) is 18.4 Å². The predicted molar refractivity (Wildman–Crippen MR) is 116 cm³/mol. The molecule has 1 N–H and O–H groups in total. The third kappa shape index (κ3) is 3.93. The molecule has 1 aliphatic heterocycles. The molecule has 5 rings (SSSR count). The molecule has 0 saturated carbocycles. The van der Waals surface area contributed by atoms with E-state index in [0.29, 0.717) is 30.1 Å². The van der Waals surface area contributed by atoms with Gasteiger partial charge in [-0.05, 0) is 31.4 Å².